The Bertz CT molecular complexity index is 1000. The zero-order chi connectivity index (χ0) is 16.0. The average Bonchev–Trinajstić information content (AvgIpc) is 2.89. The standard InChI is InChI=1S/C19H11N3O/c20-10-14-15-12-8-4-5-9-13(12)18(23)16(15)17(22-19(14)21)11-6-2-1-3-7-11/h1-9H,(H2,21,22). The molecule has 0 unspecified atom stereocenters. The van der Waals surface area contributed by atoms with Crippen molar-refractivity contribution in [3.8, 4) is 28.5 Å². The Balaban J connectivity index is 2.15. The lowest BCUT2D eigenvalue weighted by molar-refractivity contribution is 0.104. The van der Waals surface area contributed by atoms with Gasteiger partial charge in [-0.3, -0.25) is 4.79 Å². The predicted molar refractivity (Wildman–Crippen MR) is 87.7 cm³/mol. The third-order valence-electron chi connectivity index (χ3n) is 4.05. The van der Waals surface area contributed by atoms with Gasteiger partial charge in [0.05, 0.1) is 11.3 Å². The molecule has 4 nitrogen and oxygen atoms in total. The third-order valence-corrected chi connectivity index (χ3v) is 4.05. The summed E-state index contributed by atoms with van der Waals surface area (Å²) in [5.41, 5.74) is 9.99. The van der Waals surface area contributed by atoms with E-state index >= 15 is 0 Å². The van der Waals surface area contributed by atoms with Crippen molar-refractivity contribution in [2.45, 2.75) is 0 Å². The molecule has 2 aromatic carbocycles. The number of ketones is 1. The number of carbonyl (C=O) groups excluding carboxylic acids is 1. The molecule has 1 heterocycles. The smallest absolute Gasteiger partial charge is 0.196 e. The van der Waals surface area contributed by atoms with Crippen molar-refractivity contribution < 1.29 is 4.79 Å². The van der Waals surface area contributed by atoms with Crippen LogP contribution in [0.5, 0.6) is 0 Å². The monoisotopic (exact) mass is 297 g/mol. The van der Waals surface area contributed by atoms with Crippen LogP contribution in [0.25, 0.3) is 22.4 Å². The van der Waals surface area contributed by atoms with Crippen molar-refractivity contribution in [3.63, 3.8) is 0 Å². The molecule has 0 amide bonds. The molecule has 1 aliphatic carbocycles. The van der Waals surface area contributed by atoms with Crippen molar-refractivity contribution in [3.05, 3.63) is 71.3 Å². The molecule has 0 spiro atoms. The van der Waals surface area contributed by atoms with Crippen LogP contribution in [0.4, 0.5) is 5.82 Å². The van der Waals surface area contributed by atoms with Crippen LogP contribution in [0.15, 0.2) is 54.6 Å². The summed E-state index contributed by atoms with van der Waals surface area (Å²) < 4.78 is 0. The van der Waals surface area contributed by atoms with Crippen molar-refractivity contribution in [2.24, 2.45) is 0 Å². The van der Waals surface area contributed by atoms with Gasteiger partial charge in [-0.2, -0.15) is 5.26 Å². The van der Waals surface area contributed by atoms with Crippen LogP contribution < -0.4 is 5.73 Å². The molecule has 3 aromatic rings. The van der Waals surface area contributed by atoms with E-state index in [9.17, 15) is 10.1 Å². The van der Waals surface area contributed by atoms with E-state index < -0.39 is 0 Å². The number of hydrogen-bond acceptors (Lipinski definition) is 4. The zero-order valence-electron chi connectivity index (χ0n) is 12.1. The van der Waals surface area contributed by atoms with Crippen LogP contribution in [-0.4, -0.2) is 10.8 Å². The maximum Gasteiger partial charge on any atom is 0.196 e. The minimum Gasteiger partial charge on any atom is -0.383 e. The zero-order valence-corrected chi connectivity index (χ0v) is 12.1. The lowest BCUT2D eigenvalue weighted by atomic mass is 9.97. The molecule has 4 rings (SSSR count). The number of benzene rings is 2. The number of fused-ring (bicyclic) bond motifs is 3. The molecule has 0 aliphatic heterocycles. The molecular weight excluding hydrogens is 286 g/mol. The number of anilines is 1. The first-order valence-electron chi connectivity index (χ1n) is 7.15. The Morgan fingerprint density at radius 3 is 2.26 bits per heavy atom. The van der Waals surface area contributed by atoms with Crippen LogP contribution in [-0.2, 0) is 0 Å². The van der Waals surface area contributed by atoms with E-state index in [1.807, 2.05) is 48.5 Å². The minimum atomic E-state index is -0.113. The summed E-state index contributed by atoms with van der Waals surface area (Å²) in [6, 6.07) is 18.8. The molecule has 23 heavy (non-hydrogen) atoms. The van der Waals surface area contributed by atoms with Gasteiger partial charge in [-0.05, 0) is 5.56 Å². The first-order chi connectivity index (χ1) is 11.2. The van der Waals surface area contributed by atoms with Crippen LogP contribution >= 0.6 is 0 Å². The van der Waals surface area contributed by atoms with Crippen LogP contribution in [0, 0.1) is 11.3 Å². The molecule has 108 valence electrons. The summed E-state index contributed by atoms with van der Waals surface area (Å²) in [7, 11) is 0. The minimum absolute atomic E-state index is 0.113. The second kappa shape index (κ2) is 4.79. The van der Waals surface area contributed by atoms with Crippen LogP contribution in [0.1, 0.15) is 21.5 Å². The molecule has 0 bridgehead atoms. The number of hydrogen-bond donors (Lipinski definition) is 1. The fourth-order valence-corrected chi connectivity index (χ4v) is 3.05. The van der Waals surface area contributed by atoms with Gasteiger partial charge in [-0.1, -0.05) is 54.6 Å². The highest BCUT2D eigenvalue weighted by molar-refractivity contribution is 6.25. The Labute approximate surface area is 132 Å². The SMILES string of the molecule is N#Cc1c(N)nc(-c2ccccc2)c2c1-c1ccccc1C2=O. The van der Waals surface area contributed by atoms with Gasteiger partial charge in [-0.15, -0.1) is 0 Å². The normalized spacial score (nSPS) is 11.7. The molecule has 0 saturated heterocycles. The predicted octanol–water partition coefficient (Wildman–Crippen LogP) is 3.41. The van der Waals surface area contributed by atoms with E-state index in [2.05, 4.69) is 11.1 Å². The number of aromatic nitrogens is 1. The largest absolute Gasteiger partial charge is 0.383 e. The fraction of sp³-hybridized carbons (Fsp3) is 0. The summed E-state index contributed by atoms with van der Waals surface area (Å²) >= 11 is 0. The van der Waals surface area contributed by atoms with Gasteiger partial charge >= 0.3 is 0 Å². The molecule has 1 aliphatic rings. The third kappa shape index (κ3) is 1.77. The Kier molecular flexibility index (Phi) is 2.75. The van der Waals surface area contributed by atoms with Crippen molar-refractivity contribution >= 4 is 11.6 Å². The molecule has 0 atom stereocenters. The van der Waals surface area contributed by atoms with Gasteiger partial charge in [0.1, 0.15) is 17.5 Å². The second-order valence-electron chi connectivity index (χ2n) is 5.32. The summed E-state index contributed by atoms with van der Waals surface area (Å²) in [4.78, 5) is 17.2. The first kappa shape index (κ1) is 13.2. The van der Waals surface area contributed by atoms with Crippen LogP contribution in [0.3, 0.4) is 0 Å². The van der Waals surface area contributed by atoms with E-state index in [1.165, 1.54) is 0 Å². The quantitative estimate of drug-likeness (QED) is 0.584. The van der Waals surface area contributed by atoms with Crippen molar-refractivity contribution in [1.82, 2.24) is 4.98 Å². The highest BCUT2D eigenvalue weighted by atomic mass is 16.1. The van der Waals surface area contributed by atoms with Gasteiger partial charge < -0.3 is 5.73 Å². The van der Waals surface area contributed by atoms with Gasteiger partial charge in [0.2, 0.25) is 0 Å². The first-order valence-corrected chi connectivity index (χ1v) is 7.15. The average molecular weight is 297 g/mol. The number of nitrogens with zero attached hydrogens (tertiary/aromatic N) is 2. The molecule has 0 saturated carbocycles. The second-order valence-corrected chi connectivity index (χ2v) is 5.32. The number of rotatable bonds is 1. The van der Waals surface area contributed by atoms with Crippen molar-refractivity contribution in [2.75, 3.05) is 5.73 Å². The molecule has 0 radical (unpaired) electrons. The lowest BCUT2D eigenvalue weighted by Crippen LogP contribution is -2.05. The highest BCUT2D eigenvalue weighted by Gasteiger charge is 2.33. The number of nitriles is 1. The number of carbonyl (C=O) groups is 1. The van der Waals surface area contributed by atoms with E-state index in [1.54, 1.807) is 6.07 Å². The highest BCUT2D eigenvalue weighted by Crippen LogP contribution is 2.44. The van der Waals surface area contributed by atoms with Gasteiger partial charge in [0.25, 0.3) is 0 Å². The lowest BCUT2D eigenvalue weighted by Gasteiger charge is -2.11. The molecule has 2 N–H and O–H groups in total. The number of nitrogens with two attached hydrogens (primary N) is 1. The molecule has 0 fully saturated rings. The van der Waals surface area contributed by atoms with Gasteiger partial charge in [0.15, 0.2) is 5.78 Å². The molecule has 4 heteroatoms. The Morgan fingerprint density at radius 2 is 1.57 bits per heavy atom. The van der Waals surface area contributed by atoms with Crippen LogP contribution in [0.2, 0.25) is 0 Å². The summed E-state index contributed by atoms with van der Waals surface area (Å²) in [6.07, 6.45) is 0. The van der Waals surface area contributed by atoms with E-state index in [0.717, 1.165) is 11.1 Å². The number of nitrogen functional groups attached to an aromatic ring is 1. The maximum absolute atomic E-state index is 12.9. The molecule has 1 aromatic heterocycles. The van der Waals surface area contributed by atoms with Gasteiger partial charge in [0, 0.05) is 16.7 Å². The maximum atomic E-state index is 12.9. The van der Waals surface area contributed by atoms with E-state index in [0.29, 0.717) is 22.4 Å². The Morgan fingerprint density at radius 1 is 0.913 bits per heavy atom. The molecular formula is C19H11N3O. The Hall–Kier alpha value is -3.45. The number of pyridine rings is 1. The van der Waals surface area contributed by atoms with E-state index in [-0.39, 0.29) is 17.2 Å². The fourth-order valence-electron chi connectivity index (χ4n) is 3.05. The summed E-state index contributed by atoms with van der Waals surface area (Å²) in [5.74, 6) is 0.0352. The topological polar surface area (TPSA) is 79.8 Å². The summed E-state index contributed by atoms with van der Waals surface area (Å²) in [5, 5.41) is 9.47. The van der Waals surface area contributed by atoms with Gasteiger partial charge in [-0.25, -0.2) is 4.98 Å². The van der Waals surface area contributed by atoms with Crippen molar-refractivity contribution in [1.29, 1.82) is 5.26 Å². The van der Waals surface area contributed by atoms with E-state index in [4.69, 9.17) is 5.73 Å². The summed E-state index contributed by atoms with van der Waals surface area (Å²) in [6.45, 7) is 0.